The first-order chi connectivity index (χ1) is 7.56. The van der Waals surface area contributed by atoms with E-state index in [-0.39, 0.29) is 18.1 Å². The van der Waals surface area contributed by atoms with Crippen molar-refractivity contribution in [1.29, 1.82) is 0 Å². The topological polar surface area (TPSA) is 63.6 Å². The highest BCUT2D eigenvalue weighted by atomic mass is 16.5. The number of carboxylic acids is 1. The van der Waals surface area contributed by atoms with E-state index in [1.165, 1.54) is 0 Å². The summed E-state index contributed by atoms with van der Waals surface area (Å²) in [6.45, 7) is 3.43. The number of aliphatic carboxylic acids is 1. The molecular formula is C12H14O4. The van der Waals surface area contributed by atoms with Crippen molar-refractivity contribution in [3.63, 3.8) is 0 Å². The van der Waals surface area contributed by atoms with Gasteiger partial charge in [0.2, 0.25) is 0 Å². The van der Waals surface area contributed by atoms with Crippen LogP contribution in [0.2, 0.25) is 0 Å². The number of ether oxygens (including phenoxy) is 1. The van der Waals surface area contributed by atoms with Crippen molar-refractivity contribution in [3.8, 4) is 0 Å². The van der Waals surface area contributed by atoms with Crippen LogP contribution in [0, 0.1) is 11.8 Å². The van der Waals surface area contributed by atoms with Crippen molar-refractivity contribution in [2.75, 3.05) is 0 Å². The smallest absolute Gasteiger partial charge is 0.334 e. The number of esters is 1. The summed E-state index contributed by atoms with van der Waals surface area (Å²) in [5.41, 5.74) is 0.0132. The van der Waals surface area contributed by atoms with E-state index in [4.69, 9.17) is 9.84 Å². The minimum atomic E-state index is -1.06. The molecule has 2 rings (SSSR count). The zero-order valence-corrected chi connectivity index (χ0v) is 8.89. The number of allylic oxidation sites excluding steroid dienone is 1. The minimum absolute atomic E-state index is 0.0132. The molecule has 0 aliphatic heterocycles. The van der Waals surface area contributed by atoms with Gasteiger partial charge in [0.1, 0.15) is 6.10 Å². The van der Waals surface area contributed by atoms with E-state index < -0.39 is 11.9 Å². The summed E-state index contributed by atoms with van der Waals surface area (Å²) in [6.07, 6.45) is 5.69. The fourth-order valence-corrected chi connectivity index (χ4v) is 2.34. The predicted molar refractivity (Wildman–Crippen MR) is 56.6 cm³/mol. The van der Waals surface area contributed by atoms with E-state index in [0.717, 1.165) is 12.8 Å². The van der Waals surface area contributed by atoms with Crippen molar-refractivity contribution in [2.24, 2.45) is 11.8 Å². The average Bonchev–Trinajstić information content (AvgIpc) is 2.77. The Hall–Kier alpha value is -1.58. The maximum Gasteiger partial charge on any atom is 0.334 e. The van der Waals surface area contributed by atoms with Crippen molar-refractivity contribution in [3.05, 3.63) is 24.3 Å². The third-order valence-corrected chi connectivity index (χ3v) is 3.13. The Morgan fingerprint density at radius 2 is 2.12 bits per heavy atom. The molecular weight excluding hydrogens is 208 g/mol. The zero-order valence-electron chi connectivity index (χ0n) is 8.89. The molecule has 0 saturated heterocycles. The fraction of sp³-hybridized carbons (Fsp3) is 0.500. The normalized spacial score (nSPS) is 30.4. The molecule has 2 aliphatic rings. The molecule has 4 heteroatoms. The maximum absolute atomic E-state index is 11.5. The molecule has 0 aromatic rings. The summed E-state index contributed by atoms with van der Waals surface area (Å²) in [6, 6.07) is 0. The third-order valence-electron chi connectivity index (χ3n) is 3.13. The Labute approximate surface area is 93.6 Å². The Balaban J connectivity index is 1.86. The van der Waals surface area contributed by atoms with Crippen molar-refractivity contribution in [2.45, 2.75) is 25.4 Å². The number of carbonyl (C=O) groups is 2. The van der Waals surface area contributed by atoms with Crippen LogP contribution in [0.5, 0.6) is 0 Å². The van der Waals surface area contributed by atoms with Gasteiger partial charge in [0.05, 0.1) is 6.42 Å². The maximum atomic E-state index is 11.5. The molecule has 3 atom stereocenters. The number of hydrogen-bond donors (Lipinski definition) is 1. The first-order valence-electron chi connectivity index (χ1n) is 5.35. The van der Waals surface area contributed by atoms with Gasteiger partial charge in [-0.1, -0.05) is 18.7 Å². The lowest BCUT2D eigenvalue weighted by Gasteiger charge is -2.19. The quantitative estimate of drug-likeness (QED) is 0.445. The molecule has 0 spiro atoms. The summed E-state index contributed by atoms with van der Waals surface area (Å²) >= 11 is 0. The molecule has 4 nitrogen and oxygen atoms in total. The van der Waals surface area contributed by atoms with Gasteiger partial charge < -0.3 is 9.84 Å². The Bertz CT molecular complexity index is 369. The highest BCUT2D eigenvalue weighted by Crippen LogP contribution is 2.40. The summed E-state index contributed by atoms with van der Waals surface area (Å²) in [5, 5.41) is 8.52. The van der Waals surface area contributed by atoms with Crippen LogP contribution in [0.1, 0.15) is 19.3 Å². The molecule has 0 radical (unpaired) electrons. The number of rotatable bonds is 4. The molecule has 1 N–H and O–H groups in total. The first-order valence-corrected chi connectivity index (χ1v) is 5.35. The number of carbonyl (C=O) groups excluding carboxylic acids is 1. The molecule has 1 fully saturated rings. The lowest BCUT2D eigenvalue weighted by atomic mass is 10.0. The molecule has 2 bridgehead atoms. The van der Waals surface area contributed by atoms with Gasteiger partial charge >= 0.3 is 11.9 Å². The lowest BCUT2D eigenvalue weighted by Crippen LogP contribution is -2.23. The molecule has 2 aliphatic carbocycles. The standard InChI is InChI=1S/C12H14O4/c1-7(4-11(13)14)12(15)16-10-6-8-2-3-9(10)5-8/h2-3,8-10H,1,4-6H2,(H,13,14). The first kappa shape index (κ1) is 10.9. The molecule has 1 saturated carbocycles. The summed E-state index contributed by atoms with van der Waals surface area (Å²) in [4.78, 5) is 21.9. The molecule has 16 heavy (non-hydrogen) atoms. The average molecular weight is 222 g/mol. The molecule has 0 amide bonds. The van der Waals surface area contributed by atoms with Crippen LogP contribution >= 0.6 is 0 Å². The van der Waals surface area contributed by atoms with E-state index in [9.17, 15) is 9.59 Å². The van der Waals surface area contributed by atoms with Gasteiger partial charge in [-0.25, -0.2) is 4.79 Å². The van der Waals surface area contributed by atoms with E-state index in [1.807, 2.05) is 0 Å². The summed E-state index contributed by atoms with van der Waals surface area (Å²) < 4.78 is 5.25. The monoisotopic (exact) mass is 222 g/mol. The van der Waals surface area contributed by atoms with E-state index in [0.29, 0.717) is 11.8 Å². The Kier molecular flexibility index (Phi) is 2.81. The Morgan fingerprint density at radius 1 is 1.38 bits per heavy atom. The molecule has 0 heterocycles. The van der Waals surface area contributed by atoms with Crippen LogP contribution in [-0.2, 0) is 14.3 Å². The van der Waals surface area contributed by atoms with Crippen LogP contribution in [0.4, 0.5) is 0 Å². The summed E-state index contributed by atoms with van der Waals surface area (Å²) in [7, 11) is 0. The van der Waals surface area contributed by atoms with E-state index in [1.54, 1.807) is 0 Å². The molecule has 0 aromatic carbocycles. The summed E-state index contributed by atoms with van der Waals surface area (Å²) in [5.74, 6) is -0.801. The van der Waals surface area contributed by atoms with Crippen molar-refractivity contribution < 1.29 is 19.4 Å². The van der Waals surface area contributed by atoms with Gasteiger partial charge in [0.25, 0.3) is 0 Å². The second-order valence-corrected chi connectivity index (χ2v) is 4.40. The highest BCUT2D eigenvalue weighted by molar-refractivity contribution is 5.92. The largest absolute Gasteiger partial charge is 0.481 e. The number of carboxylic acid groups (broad SMARTS) is 1. The van der Waals surface area contributed by atoms with Crippen LogP contribution < -0.4 is 0 Å². The SMILES string of the molecule is C=C(CC(=O)O)C(=O)OC1CC2C=CC1C2. The number of hydrogen-bond acceptors (Lipinski definition) is 3. The third kappa shape index (κ3) is 2.15. The fourth-order valence-electron chi connectivity index (χ4n) is 2.34. The van der Waals surface area contributed by atoms with Crippen LogP contribution in [0.3, 0.4) is 0 Å². The molecule has 0 aromatic heterocycles. The highest BCUT2D eigenvalue weighted by Gasteiger charge is 2.38. The van der Waals surface area contributed by atoms with Crippen LogP contribution in [0.15, 0.2) is 24.3 Å². The van der Waals surface area contributed by atoms with Gasteiger partial charge in [0, 0.05) is 11.5 Å². The molecule has 3 unspecified atom stereocenters. The second kappa shape index (κ2) is 4.12. The van der Waals surface area contributed by atoms with Crippen molar-refractivity contribution in [1.82, 2.24) is 0 Å². The van der Waals surface area contributed by atoms with E-state index >= 15 is 0 Å². The predicted octanol–water partition coefficient (Wildman–Crippen LogP) is 1.53. The van der Waals surface area contributed by atoms with Gasteiger partial charge in [-0.2, -0.15) is 0 Å². The second-order valence-electron chi connectivity index (χ2n) is 4.40. The van der Waals surface area contributed by atoms with Gasteiger partial charge in [-0.05, 0) is 18.8 Å². The van der Waals surface area contributed by atoms with Gasteiger partial charge in [-0.15, -0.1) is 0 Å². The minimum Gasteiger partial charge on any atom is -0.481 e. The van der Waals surface area contributed by atoms with Gasteiger partial charge in [-0.3, -0.25) is 4.79 Å². The number of fused-ring (bicyclic) bond motifs is 2. The van der Waals surface area contributed by atoms with Crippen LogP contribution in [0.25, 0.3) is 0 Å². The lowest BCUT2D eigenvalue weighted by molar-refractivity contribution is -0.147. The van der Waals surface area contributed by atoms with Crippen molar-refractivity contribution >= 4 is 11.9 Å². The van der Waals surface area contributed by atoms with Gasteiger partial charge in [0.15, 0.2) is 0 Å². The zero-order chi connectivity index (χ0) is 11.7. The molecule has 86 valence electrons. The van der Waals surface area contributed by atoms with E-state index in [2.05, 4.69) is 18.7 Å². The van der Waals surface area contributed by atoms with Crippen LogP contribution in [-0.4, -0.2) is 23.1 Å². The Morgan fingerprint density at radius 3 is 2.62 bits per heavy atom.